The van der Waals surface area contributed by atoms with Crippen LogP contribution in [0.2, 0.25) is 5.15 Å². The smallest absolute Gasteiger partial charge is 0.262 e. The maximum atomic E-state index is 13.2. The van der Waals surface area contributed by atoms with Crippen LogP contribution >= 0.6 is 22.9 Å². The number of benzene rings is 2. The fourth-order valence-corrected chi connectivity index (χ4v) is 4.05. The van der Waals surface area contributed by atoms with Crippen molar-refractivity contribution in [3.05, 3.63) is 64.7 Å². The van der Waals surface area contributed by atoms with Gasteiger partial charge >= 0.3 is 0 Å². The number of anilines is 1. The molecule has 4 aromatic rings. The number of nitrogens with zero attached hydrogens (tertiary/aromatic N) is 3. The highest BCUT2D eigenvalue weighted by molar-refractivity contribution is 7.22. The lowest BCUT2D eigenvalue weighted by Gasteiger charge is -2.04. The van der Waals surface area contributed by atoms with Gasteiger partial charge in [0.25, 0.3) is 5.91 Å². The Hall–Kier alpha value is -2.97. The van der Waals surface area contributed by atoms with Crippen molar-refractivity contribution in [3.63, 3.8) is 0 Å². The molecule has 0 fully saturated rings. The summed E-state index contributed by atoms with van der Waals surface area (Å²) in [7, 11) is 1.57. The number of thiazole rings is 1. The monoisotopic (exact) mass is 416 g/mol. The van der Waals surface area contributed by atoms with Crippen LogP contribution in [0.25, 0.3) is 15.9 Å². The molecule has 0 spiro atoms. The minimum Gasteiger partial charge on any atom is -0.494 e. The number of aryl methyl sites for hydroxylation is 1. The van der Waals surface area contributed by atoms with Crippen molar-refractivity contribution in [2.75, 3.05) is 12.4 Å². The number of methoxy groups -OCH3 is 1. The van der Waals surface area contributed by atoms with Crippen LogP contribution in [-0.2, 0) is 0 Å². The van der Waals surface area contributed by atoms with E-state index in [1.54, 1.807) is 20.1 Å². The van der Waals surface area contributed by atoms with Gasteiger partial charge in [0.2, 0.25) is 0 Å². The first-order chi connectivity index (χ1) is 13.5. The van der Waals surface area contributed by atoms with E-state index in [-0.39, 0.29) is 16.5 Å². The Morgan fingerprint density at radius 1 is 1.25 bits per heavy atom. The topological polar surface area (TPSA) is 69.0 Å². The Morgan fingerprint density at radius 3 is 2.71 bits per heavy atom. The average Bonchev–Trinajstić information content (AvgIpc) is 3.21. The SMILES string of the molecule is COc1cccc2sc(NC(=O)c3c(C)nn(-c4ccc(F)cc4)c3Cl)nc12. The maximum Gasteiger partial charge on any atom is 0.262 e. The highest BCUT2D eigenvalue weighted by Crippen LogP contribution is 2.33. The van der Waals surface area contributed by atoms with Gasteiger partial charge in [-0.25, -0.2) is 14.1 Å². The fourth-order valence-electron chi connectivity index (χ4n) is 2.81. The van der Waals surface area contributed by atoms with Gasteiger partial charge in [0.05, 0.1) is 23.2 Å². The molecule has 9 heteroatoms. The van der Waals surface area contributed by atoms with Crippen molar-refractivity contribution in [3.8, 4) is 11.4 Å². The van der Waals surface area contributed by atoms with Gasteiger partial charge in [0.1, 0.15) is 27.8 Å². The number of fused-ring (bicyclic) bond motifs is 1. The predicted octanol–water partition coefficient (Wildman–Crippen LogP) is 4.84. The fraction of sp³-hybridized carbons (Fsp3) is 0.105. The number of aromatic nitrogens is 3. The molecule has 0 bridgehead atoms. The van der Waals surface area contributed by atoms with Gasteiger partial charge in [0.15, 0.2) is 5.13 Å². The summed E-state index contributed by atoms with van der Waals surface area (Å²) >= 11 is 7.73. The molecular formula is C19H14ClFN4O2S. The van der Waals surface area contributed by atoms with E-state index in [0.29, 0.717) is 27.8 Å². The number of halogens is 2. The van der Waals surface area contributed by atoms with E-state index in [1.807, 2.05) is 12.1 Å². The molecule has 1 amide bonds. The summed E-state index contributed by atoms with van der Waals surface area (Å²) in [6.45, 7) is 1.68. The highest BCUT2D eigenvalue weighted by Gasteiger charge is 2.22. The molecule has 4 rings (SSSR count). The minimum atomic E-state index is -0.422. The molecule has 28 heavy (non-hydrogen) atoms. The number of para-hydroxylation sites is 1. The van der Waals surface area contributed by atoms with Crippen LogP contribution in [0.3, 0.4) is 0 Å². The Kier molecular flexibility index (Phi) is 4.74. The molecule has 1 N–H and O–H groups in total. The Bertz CT molecular complexity index is 1190. The average molecular weight is 417 g/mol. The van der Waals surface area contributed by atoms with Crippen LogP contribution in [0.4, 0.5) is 9.52 Å². The van der Waals surface area contributed by atoms with E-state index >= 15 is 0 Å². The van der Waals surface area contributed by atoms with Gasteiger partial charge in [-0.1, -0.05) is 29.0 Å². The Balaban J connectivity index is 1.66. The third-order valence-corrected chi connectivity index (χ3v) is 5.41. The van der Waals surface area contributed by atoms with Crippen molar-refractivity contribution in [2.45, 2.75) is 6.92 Å². The van der Waals surface area contributed by atoms with Gasteiger partial charge in [-0.15, -0.1) is 0 Å². The van der Waals surface area contributed by atoms with Gasteiger partial charge in [0, 0.05) is 0 Å². The number of nitrogens with one attached hydrogen (secondary N) is 1. The number of carbonyl (C=O) groups is 1. The van der Waals surface area contributed by atoms with Crippen molar-refractivity contribution in [2.24, 2.45) is 0 Å². The molecule has 0 radical (unpaired) electrons. The second-order valence-electron chi connectivity index (χ2n) is 5.92. The lowest BCUT2D eigenvalue weighted by atomic mass is 10.2. The normalized spacial score (nSPS) is 11.0. The number of hydrogen-bond acceptors (Lipinski definition) is 5. The minimum absolute atomic E-state index is 0.139. The first kappa shape index (κ1) is 18.4. The van der Waals surface area contributed by atoms with Crippen LogP contribution in [0, 0.1) is 12.7 Å². The zero-order chi connectivity index (χ0) is 19.8. The quantitative estimate of drug-likeness (QED) is 0.516. The van der Waals surface area contributed by atoms with E-state index in [9.17, 15) is 9.18 Å². The third kappa shape index (κ3) is 3.21. The predicted molar refractivity (Wildman–Crippen MR) is 107 cm³/mol. The molecule has 0 unspecified atom stereocenters. The lowest BCUT2D eigenvalue weighted by molar-refractivity contribution is 0.102. The maximum absolute atomic E-state index is 13.2. The molecule has 0 saturated carbocycles. The van der Waals surface area contributed by atoms with Crippen LogP contribution in [0.1, 0.15) is 16.1 Å². The van der Waals surface area contributed by atoms with Gasteiger partial charge < -0.3 is 4.74 Å². The second-order valence-corrected chi connectivity index (χ2v) is 7.31. The highest BCUT2D eigenvalue weighted by atomic mass is 35.5. The third-order valence-electron chi connectivity index (χ3n) is 4.12. The van der Waals surface area contributed by atoms with Crippen LogP contribution in [0.15, 0.2) is 42.5 Å². The van der Waals surface area contributed by atoms with E-state index in [4.69, 9.17) is 16.3 Å². The first-order valence-corrected chi connectivity index (χ1v) is 9.43. The molecule has 0 atom stereocenters. The standard InChI is InChI=1S/C19H14ClFN4O2S/c1-10-15(17(20)25(24-10)12-8-6-11(21)7-9-12)18(26)23-19-22-16-13(27-2)4-3-5-14(16)28-19/h3-9H,1-2H3,(H,22,23,26). The molecule has 0 aliphatic carbocycles. The van der Waals surface area contributed by atoms with E-state index in [0.717, 1.165) is 4.70 Å². The largest absolute Gasteiger partial charge is 0.494 e. The van der Waals surface area contributed by atoms with Crippen molar-refractivity contribution >= 4 is 44.2 Å². The molecule has 0 saturated heterocycles. The van der Waals surface area contributed by atoms with Crippen molar-refractivity contribution < 1.29 is 13.9 Å². The number of carbonyl (C=O) groups excluding carboxylic acids is 1. The van der Waals surface area contributed by atoms with E-state index in [1.165, 1.54) is 40.3 Å². The molecule has 2 aromatic carbocycles. The Morgan fingerprint density at radius 2 is 2.00 bits per heavy atom. The zero-order valence-corrected chi connectivity index (χ0v) is 16.4. The lowest BCUT2D eigenvalue weighted by Crippen LogP contribution is -2.13. The van der Waals surface area contributed by atoms with Crippen LogP contribution in [-0.4, -0.2) is 27.8 Å². The molecular weight excluding hydrogens is 403 g/mol. The number of ether oxygens (including phenoxy) is 1. The van der Waals surface area contributed by atoms with Gasteiger partial charge in [-0.3, -0.25) is 10.1 Å². The summed E-state index contributed by atoms with van der Waals surface area (Å²) in [5.41, 5.74) is 1.91. The van der Waals surface area contributed by atoms with E-state index in [2.05, 4.69) is 15.4 Å². The summed E-state index contributed by atoms with van der Waals surface area (Å²) in [6, 6.07) is 11.2. The first-order valence-electron chi connectivity index (χ1n) is 8.24. The number of amides is 1. The summed E-state index contributed by atoms with van der Waals surface area (Å²) in [6.07, 6.45) is 0. The summed E-state index contributed by atoms with van der Waals surface area (Å²) < 4.78 is 20.7. The van der Waals surface area contributed by atoms with E-state index < -0.39 is 5.91 Å². The second kappa shape index (κ2) is 7.21. The Labute approximate surface area is 168 Å². The van der Waals surface area contributed by atoms with Crippen LogP contribution in [0.5, 0.6) is 5.75 Å². The molecule has 2 aromatic heterocycles. The van der Waals surface area contributed by atoms with Gasteiger partial charge in [-0.2, -0.15) is 5.10 Å². The molecule has 0 aliphatic heterocycles. The van der Waals surface area contributed by atoms with Crippen LogP contribution < -0.4 is 10.1 Å². The van der Waals surface area contributed by atoms with Crippen molar-refractivity contribution in [1.82, 2.24) is 14.8 Å². The van der Waals surface area contributed by atoms with Gasteiger partial charge in [-0.05, 0) is 43.3 Å². The summed E-state index contributed by atoms with van der Waals surface area (Å²) in [5.74, 6) is -0.158. The molecule has 0 aliphatic rings. The zero-order valence-electron chi connectivity index (χ0n) is 14.9. The number of hydrogen-bond donors (Lipinski definition) is 1. The molecule has 142 valence electrons. The van der Waals surface area contributed by atoms with Crippen molar-refractivity contribution in [1.29, 1.82) is 0 Å². The summed E-state index contributed by atoms with van der Waals surface area (Å²) in [5, 5.41) is 7.64. The number of rotatable bonds is 4. The molecule has 6 nitrogen and oxygen atoms in total. The summed E-state index contributed by atoms with van der Waals surface area (Å²) in [4.78, 5) is 17.2. The molecule has 2 heterocycles.